The molecule has 1 aromatic heterocycles. The van der Waals surface area contributed by atoms with E-state index in [1.807, 2.05) is 37.3 Å². The number of carbonyl (C=O) groups is 2. The van der Waals surface area contributed by atoms with Crippen LogP contribution in [0, 0.1) is 6.92 Å². The molecule has 2 aliphatic rings. The van der Waals surface area contributed by atoms with E-state index in [1.54, 1.807) is 49.5 Å². The second-order valence-electron chi connectivity index (χ2n) is 9.09. The van der Waals surface area contributed by atoms with Gasteiger partial charge in [0.15, 0.2) is 0 Å². The summed E-state index contributed by atoms with van der Waals surface area (Å²) in [4.78, 5) is 32.4. The average Bonchev–Trinajstić information content (AvgIpc) is 3.23. The van der Waals surface area contributed by atoms with Gasteiger partial charge in [-0.1, -0.05) is 24.3 Å². The molecule has 0 fully saturated rings. The minimum absolute atomic E-state index is 0.164. The van der Waals surface area contributed by atoms with E-state index in [1.165, 1.54) is 4.90 Å². The second kappa shape index (κ2) is 8.03. The van der Waals surface area contributed by atoms with Crippen molar-refractivity contribution >= 4 is 50.8 Å². The van der Waals surface area contributed by atoms with Crippen LogP contribution < -0.4 is 5.32 Å². The Balaban J connectivity index is 1.33. The van der Waals surface area contributed by atoms with Crippen LogP contribution in [0.1, 0.15) is 44.3 Å². The number of amides is 2. The molecule has 2 amide bonds. The fourth-order valence-corrected chi connectivity index (χ4v) is 6.11. The summed E-state index contributed by atoms with van der Waals surface area (Å²) < 4.78 is 21.3. The lowest BCUT2D eigenvalue weighted by molar-refractivity contribution is 0.0642. The molecule has 0 spiro atoms. The Morgan fingerprint density at radius 1 is 0.917 bits per heavy atom. The third-order valence-corrected chi connectivity index (χ3v) is 8.76. The number of anilines is 2. The van der Waals surface area contributed by atoms with Gasteiger partial charge in [-0.25, -0.2) is 0 Å². The summed E-state index contributed by atoms with van der Waals surface area (Å²) in [5, 5.41) is 4.22. The van der Waals surface area contributed by atoms with Crippen molar-refractivity contribution in [2.24, 2.45) is 0 Å². The predicted octanol–water partition coefficient (Wildman–Crippen LogP) is 6.57. The van der Waals surface area contributed by atoms with Gasteiger partial charge in [0.2, 0.25) is 0 Å². The molecule has 3 heterocycles. The monoisotopic (exact) mass is 497 g/mol. The molecule has 0 atom stereocenters. The topological polar surface area (TPSA) is 103 Å². The maximum Gasteiger partial charge on any atom is 0.261 e. The van der Waals surface area contributed by atoms with Crippen molar-refractivity contribution < 1.29 is 18.7 Å². The molecule has 0 saturated heterocycles. The molecule has 180 valence electrons. The van der Waals surface area contributed by atoms with E-state index in [0.29, 0.717) is 20.9 Å². The van der Waals surface area contributed by atoms with Crippen molar-refractivity contribution in [3.05, 3.63) is 99.6 Å². The van der Waals surface area contributed by atoms with Gasteiger partial charge in [-0.05, 0) is 67.4 Å². The molecular weight excluding hydrogens is 474 g/mol. The van der Waals surface area contributed by atoms with Crippen LogP contribution >= 0.6 is 10.6 Å². The van der Waals surface area contributed by atoms with Crippen molar-refractivity contribution in [1.82, 2.24) is 9.88 Å². The van der Waals surface area contributed by atoms with E-state index in [0.717, 1.165) is 39.0 Å². The first-order chi connectivity index (χ1) is 17.2. The smallest absolute Gasteiger partial charge is 0.261 e. The van der Waals surface area contributed by atoms with Crippen LogP contribution in [0.4, 0.5) is 11.4 Å². The van der Waals surface area contributed by atoms with Crippen LogP contribution in [0.5, 0.6) is 0 Å². The molecule has 0 unspecified atom stereocenters. The lowest BCUT2D eigenvalue weighted by Gasteiger charge is -2.30. The number of rotatable bonds is 4. The number of benzene rings is 3. The van der Waals surface area contributed by atoms with E-state index < -0.39 is 10.6 Å². The minimum atomic E-state index is -2.99. The molecule has 0 radical (unpaired) electrons. The largest absolute Gasteiger partial charge is 0.355 e. The molecular formula is C28H23N3O4S. The number of imide groups is 1. The normalized spacial score (nSPS) is 16.7. The van der Waals surface area contributed by atoms with E-state index in [-0.39, 0.29) is 18.4 Å². The van der Waals surface area contributed by atoms with Gasteiger partial charge in [-0.2, -0.15) is 0 Å². The summed E-state index contributed by atoms with van der Waals surface area (Å²) in [7, 11) is -2.99. The summed E-state index contributed by atoms with van der Waals surface area (Å²) in [6, 6.07) is 18.1. The van der Waals surface area contributed by atoms with Gasteiger partial charge >= 0.3 is 0 Å². The number of nitrogens with zero attached hydrogens (tertiary/aromatic N) is 2. The van der Waals surface area contributed by atoms with Crippen molar-refractivity contribution in [3.8, 4) is 0 Å². The number of hydrogen-bond acceptors (Lipinski definition) is 6. The molecule has 4 aromatic rings. The minimum Gasteiger partial charge on any atom is -0.355 e. The summed E-state index contributed by atoms with van der Waals surface area (Å²) in [6.07, 6.45) is 3.50. The van der Waals surface area contributed by atoms with Crippen LogP contribution in [-0.4, -0.2) is 30.8 Å². The molecule has 0 bridgehead atoms. The molecule has 2 aliphatic heterocycles. The van der Waals surface area contributed by atoms with Crippen LogP contribution in [0.2, 0.25) is 0 Å². The molecule has 36 heavy (non-hydrogen) atoms. The van der Waals surface area contributed by atoms with Gasteiger partial charge in [-0.15, -0.1) is 10.6 Å². The Kier molecular flexibility index (Phi) is 5.01. The van der Waals surface area contributed by atoms with Crippen LogP contribution in [0.25, 0.3) is 17.0 Å². The highest BCUT2D eigenvalue weighted by Crippen LogP contribution is 2.62. The second-order valence-corrected chi connectivity index (χ2v) is 11.3. The molecule has 7 nitrogen and oxygen atoms in total. The summed E-state index contributed by atoms with van der Waals surface area (Å²) in [6.45, 7) is 3.85. The van der Waals surface area contributed by atoms with Gasteiger partial charge in [-0.3, -0.25) is 28.6 Å². The Labute approximate surface area is 209 Å². The fraction of sp³-hybridized carbons (Fsp3) is 0.107. The number of allylic oxidation sites excluding steroid dienone is 1. The first-order valence-electron chi connectivity index (χ1n) is 11.4. The first-order valence-corrected chi connectivity index (χ1v) is 13.0. The van der Waals surface area contributed by atoms with E-state index in [2.05, 4.69) is 10.3 Å². The van der Waals surface area contributed by atoms with E-state index >= 15 is 0 Å². The van der Waals surface area contributed by atoms with Gasteiger partial charge in [0.25, 0.3) is 11.8 Å². The van der Waals surface area contributed by atoms with Crippen molar-refractivity contribution in [2.75, 3.05) is 5.32 Å². The molecule has 0 aliphatic carbocycles. The molecule has 0 saturated carbocycles. The standard InChI is InChI=1S/C28H23N3O4S/c1-16-7-8-18(15-31-27(32)20-5-3-4-6-21(20)28(31)33)12-24(16)30-23-9-10-29-25-13-19-11-17(2)36(34,35)26(19)14-22(23)25/h3-14,34-35H,15H2,1-2H3,(H,29,30). The Bertz CT molecular complexity index is 1610. The molecule has 6 rings (SSSR count). The number of aryl methyl sites for hydroxylation is 1. The number of nitrogens with one attached hydrogen (secondary N) is 1. The molecule has 3 aromatic carbocycles. The summed E-state index contributed by atoms with van der Waals surface area (Å²) >= 11 is 0. The van der Waals surface area contributed by atoms with Gasteiger partial charge < -0.3 is 5.32 Å². The third kappa shape index (κ3) is 3.42. The van der Waals surface area contributed by atoms with Crippen LogP contribution in [0.15, 0.2) is 76.7 Å². The Morgan fingerprint density at radius 3 is 2.36 bits per heavy atom. The number of aromatic nitrogens is 1. The zero-order valence-electron chi connectivity index (χ0n) is 19.6. The Hall–Kier alpha value is -3.98. The maximum absolute atomic E-state index is 12.8. The quantitative estimate of drug-likeness (QED) is 0.276. The SMILES string of the molecule is CC1=Cc2cc3nccc(Nc4cc(CN5C(=O)c6ccccc6C5=O)ccc4C)c3cc2S1(O)O. The third-order valence-electron chi connectivity index (χ3n) is 6.78. The van der Waals surface area contributed by atoms with Crippen molar-refractivity contribution in [2.45, 2.75) is 25.3 Å². The van der Waals surface area contributed by atoms with E-state index in [9.17, 15) is 18.7 Å². The van der Waals surface area contributed by atoms with Crippen LogP contribution in [0.3, 0.4) is 0 Å². The summed E-state index contributed by atoms with van der Waals surface area (Å²) in [5.74, 6) is -0.579. The number of pyridine rings is 1. The van der Waals surface area contributed by atoms with Gasteiger partial charge in [0.1, 0.15) is 0 Å². The van der Waals surface area contributed by atoms with Crippen molar-refractivity contribution in [1.29, 1.82) is 0 Å². The number of fused-ring (bicyclic) bond motifs is 3. The number of carbonyl (C=O) groups excluding carboxylic acids is 2. The zero-order chi connectivity index (χ0) is 25.2. The molecule has 3 N–H and O–H groups in total. The van der Waals surface area contributed by atoms with Gasteiger partial charge in [0, 0.05) is 33.4 Å². The van der Waals surface area contributed by atoms with Crippen molar-refractivity contribution in [3.63, 3.8) is 0 Å². The fourth-order valence-electron chi connectivity index (χ4n) is 4.74. The number of hydrogen-bond donors (Lipinski definition) is 3. The summed E-state index contributed by atoms with van der Waals surface area (Å²) in [5.41, 5.74) is 5.74. The zero-order valence-corrected chi connectivity index (χ0v) is 20.5. The van der Waals surface area contributed by atoms with Gasteiger partial charge in [0.05, 0.1) is 28.1 Å². The van der Waals surface area contributed by atoms with E-state index in [4.69, 9.17) is 0 Å². The Morgan fingerprint density at radius 2 is 1.64 bits per heavy atom. The lowest BCUT2D eigenvalue weighted by atomic mass is 10.1. The highest BCUT2D eigenvalue weighted by molar-refractivity contribution is 8.28. The first kappa shape index (κ1) is 22.5. The predicted molar refractivity (Wildman–Crippen MR) is 142 cm³/mol. The molecule has 8 heteroatoms. The average molecular weight is 498 g/mol. The highest BCUT2D eigenvalue weighted by atomic mass is 32.3. The lowest BCUT2D eigenvalue weighted by Crippen LogP contribution is -2.29. The highest BCUT2D eigenvalue weighted by Gasteiger charge is 2.35. The maximum atomic E-state index is 12.8. The van der Waals surface area contributed by atoms with Crippen LogP contribution in [-0.2, 0) is 6.54 Å².